The minimum atomic E-state index is -0.225. The van der Waals surface area contributed by atoms with Crippen molar-refractivity contribution in [1.29, 1.82) is 0 Å². The van der Waals surface area contributed by atoms with E-state index in [9.17, 15) is 9.59 Å². The van der Waals surface area contributed by atoms with E-state index in [1.54, 1.807) is 11.8 Å². The molecule has 2 aromatic rings. The smallest absolute Gasteiger partial charge is 0.227 e. The number of ketones is 1. The number of thioether (sulfide) groups is 1. The van der Waals surface area contributed by atoms with Crippen molar-refractivity contribution >= 4 is 23.5 Å². The average Bonchev–Trinajstić information content (AvgIpc) is 2.90. The summed E-state index contributed by atoms with van der Waals surface area (Å²) in [6.45, 7) is 2.58. The quantitative estimate of drug-likeness (QED) is 0.737. The molecule has 1 amide bonds. The molecule has 1 heterocycles. The van der Waals surface area contributed by atoms with Crippen LogP contribution >= 0.6 is 11.8 Å². The molecule has 3 atom stereocenters. The molecule has 1 fully saturated rings. The number of hydrogen-bond donors (Lipinski definition) is 1. The first-order chi connectivity index (χ1) is 14.1. The van der Waals surface area contributed by atoms with E-state index in [0.717, 1.165) is 34.6 Å². The van der Waals surface area contributed by atoms with Crippen molar-refractivity contribution in [2.75, 3.05) is 12.3 Å². The maximum absolute atomic E-state index is 13.1. The van der Waals surface area contributed by atoms with Crippen molar-refractivity contribution < 1.29 is 9.59 Å². The maximum Gasteiger partial charge on any atom is 0.227 e. The van der Waals surface area contributed by atoms with E-state index in [1.807, 2.05) is 37.3 Å². The first kappa shape index (κ1) is 20.2. The lowest BCUT2D eigenvalue weighted by Crippen LogP contribution is -2.30. The minimum absolute atomic E-state index is 0.0412. The monoisotopic (exact) mass is 407 g/mol. The maximum atomic E-state index is 13.1. The Hall–Kier alpha value is -2.07. The second-order valence-electron chi connectivity index (χ2n) is 8.33. The zero-order valence-electron chi connectivity index (χ0n) is 17.0. The molecule has 29 heavy (non-hydrogen) atoms. The number of nitrogens with one attached hydrogen (secondary N) is 1. The second kappa shape index (κ2) is 9.17. The molecule has 1 N–H and O–H groups in total. The van der Waals surface area contributed by atoms with E-state index >= 15 is 0 Å². The lowest BCUT2D eigenvalue weighted by molar-refractivity contribution is -0.122. The summed E-state index contributed by atoms with van der Waals surface area (Å²) in [6.07, 6.45) is 5.45. The topological polar surface area (TPSA) is 46.2 Å². The molecule has 0 bridgehead atoms. The molecule has 152 valence electrons. The van der Waals surface area contributed by atoms with Gasteiger partial charge in [-0.25, -0.2) is 0 Å². The first-order valence-corrected chi connectivity index (χ1v) is 11.7. The molecule has 4 heteroatoms. The van der Waals surface area contributed by atoms with Crippen LogP contribution < -0.4 is 5.32 Å². The normalized spacial score (nSPS) is 22.2. The van der Waals surface area contributed by atoms with Gasteiger partial charge in [0.2, 0.25) is 5.91 Å². The summed E-state index contributed by atoms with van der Waals surface area (Å²) in [5, 5.41) is 3.06. The Labute approximate surface area is 177 Å². The zero-order valence-corrected chi connectivity index (χ0v) is 17.8. The van der Waals surface area contributed by atoms with Gasteiger partial charge in [0, 0.05) is 28.7 Å². The molecule has 2 aromatic carbocycles. The molecule has 4 rings (SSSR count). The average molecular weight is 408 g/mol. The van der Waals surface area contributed by atoms with E-state index in [-0.39, 0.29) is 17.7 Å². The number of carbonyl (C=O) groups excluding carboxylic acids is 2. The van der Waals surface area contributed by atoms with Gasteiger partial charge in [-0.1, -0.05) is 49.2 Å². The van der Waals surface area contributed by atoms with Crippen LogP contribution in [0.4, 0.5) is 0 Å². The summed E-state index contributed by atoms with van der Waals surface area (Å²) in [6, 6.07) is 16.2. The zero-order chi connectivity index (χ0) is 20.2. The van der Waals surface area contributed by atoms with Crippen LogP contribution in [-0.4, -0.2) is 24.0 Å². The highest BCUT2D eigenvalue weighted by atomic mass is 32.2. The van der Waals surface area contributed by atoms with Crippen LogP contribution in [0.5, 0.6) is 0 Å². The van der Waals surface area contributed by atoms with Crippen molar-refractivity contribution in [3.05, 3.63) is 65.2 Å². The van der Waals surface area contributed by atoms with E-state index in [2.05, 4.69) is 23.5 Å². The van der Waals surface area contributed by atoms with Crippen LogP contribution in [0, 0.1) is 11.8 Å². The largest absolute Gasteiger partial charge is 0.355 e. The fourth-order valence-corrected chi connectivity index (χ4v) is 5.90. The number of rotatable bonds is 5. The van der Waals surface area contributed by atoms with Gasteiger partial charge in [-0.05, 0) is 55.4 Å². The Morgan fingerprint density at radius 1 is 1.14 bits per heavy atom. The molecule has 0 spiro atoms. The highest BCUT2D eigenvalue weighted by molar-refractivity contribution is 7.99. The van der Waals surface area contributed by atoms with Crippen LogP contribution in [0.2, 0.25) is 0 Å². The third-order valence-corrected chi connectivity index (χ3v) is 7.66. The molecule has 0 saturated heterocycles. The lowest BCUT2D eigenvalue weighted by atomic mass is 9.76. The summed E-state index contributed by atoms with van der Waals surface area (Å²) in [7, 11) is 0. The molecule has 1 saturated carbocycles. The Balaban J connectivity index is 1.42. The number of carbonyl (C=O) groups is 2. The van der Waals surface area contributed by atoms with Gasteiger partial charge in [0.15, 0.2) is 5.78 Å². The van der Waals surface area contributed by atoms with E-state index in [4.69, 9.17) is 0 Å². The fraction of sp³-hybridized carbons (Fsp3) is 0.440. The molecule has 0 aromatic heterocycles. The summed E-state index contributed by atoms with van der Waals surface area (Å²) < 4.78 is 0. The Morgan fingerprint density at radius 2 is 1.93 bits per heavy atom. The molecular formula is C25H29NO2S. The van der Waals surface area contributed by atoms with Crippen molar-refractivity contribution in [3.63, 3.8) is 0 Å². The molecule has 1 aliphatic carbocycles. The van der Waals surface area contributed by atoms with Crippen molar-refractivity contribution in [2.24, 2.45) is 11.8 Å². The van der Waals surface area contributed by atoms with Gasteiger partial charge in [0.1, 0.15) is 0 Å². The molecule has 2 aliphatic rings. The Kier molecular flexibility index (Phi) is 6.39. The van der Waals surface area contributed by atoms with Gasteiger partial charge in [-0.3, -0.25) is 9.59 Å². The van der Waals surface area contributed by atoms with Gasteiger partial charge >= 0.3 is 0 Å². The predicted molar refractivity (Wildman–Crippen MR) is 119 cm³/mol. The number of fused-ring (bicyclic) bond motifs is 2. The molecule has 1 aliphatic heterocycles. The predicted octanol–water partition coefficient (Wildman–Crippen LogP) is 5.24. The summed E-state index contributed by atoms with van der Waals surface area (Å²) >= 11 is 1.80. The first-order valence-electron chi connectivity index (χ1n) is 10.8. The van der Waals surface area contributed by atoms with E-state index in [1.165, 1.54) is 24.8 Å². The van der Waals surface area contributed by atoms with Crippen molar-refractivity contribution in [1.82, 2.24) is 5.32 Å². The van der Waals surface area contributed by atoms with Gasteiger partial charge < -0.3 is 5.32 Å². The van der Waals surface area contributed by atoms with Gasteiger partial charge in [-0.2, -0.15) is 0 Å². The third-order valence-electron chi connectivity index (χ3n) is 6.42. The van der Waals surface area contributed by atoms with Crippen LogP contribution in [0.3, 0.4) is 0 Å². The van der Waals surface area contributed by atoms with E-state index < -0.39 is 0 Å². The third kappa shape index (κ3) is 4.58. The number of hydrogen-bond acceptors (Lipinski definition) is 3. The molecular weight excluding hydrogens is 378 g/mol. The number of Topliss-reactive ketones (excluding diaryl/α,β-unsaturated/α-hetero) is 1. The van der Waals surface area contributed by atoms with Crippen molar-refractivity contribution in [3.8, 4) is 0 Å². The van der Waals surface area contributed by atoms with Crippen molar-refractivity contribution in [2.45, 2.75) is 49.8 Å². The highest BCUT2D eigenvalue weighted by Crippen LogP contribution is 2.42. The van der Waals surface area contributed by atoms with Crippen LogP contribution in [0.15, 0.2) is 53.4 Å². The highest BCUT2D eigenvalue weighted by Gasteiger charge is 2.35. The number of amides is 1. The Morgan fingerprint density at radius 3 is 2.76 bits per heavy atom. The van der Waals surface area contributed by atoms with E-state index in [0.29, 0.717) is 18.2 Å². The molecule has 1 unspecified atom stereocenters. The molecule has 0 radical (unpaired) electrons. The fourth-order valence-electron chi connectivity index (χ4n) is 4.56. The van der Waals surface area contributed by atoms with Crippen LogP contribution in [0.1, 0.15) is 60.0 Å². The summed E-state index contributed by atoms with van der Waals surface area (Å²) in [5.74, 6) is 1.86. The minimum Gasteiger partial charge on any atom is -0.355 e. The van der Waals surface area contributed by atoms with Gasteiger partial charge in [0.05, 0.1) is 5.92 Å². The summed E-state index contributed by atoms with van der Waals surface area (Å²) in [5.41, 5.74) is 3.08. The van der Waals surface area contributed by atoms with Crippen LogP contribution in [0.25, 0.3) is 0 Å². The molecule has 3 nitrogen and oxygen atoms in total. The standard InChI is InChI=1S/C25H29NO2S/c1-17(25(28)26-14-13-18-7-3-2-4-8-18)19-11-12-22-23(15-19)29-16-20-9-5-6-10-21(20)24(22)27/h2-4,7-8,11-12,15,17,20-21H,5-6,9-10,13-14,16H2,1H3,(H,26,28)/t17?,20-,21+/m0/s1. The van der Waals surface area contributed by atoms with Gasteiger partial charge in [0.25, 0.3) is 0 Å². The Bertz CT molecular complexity index is 880. The number of benzene rings is 2. The second-order valence-corrected chi connectivity index (χ2v) is 9.39. The van der Waals surface area contributed by atoms with Gasteiger partial charge in [-0.15, -0.1) is 11.8 Å². The lowest BCUT2D eigenvalue weighted by Gasteiger charge is -2.28. The SMILES string of the molecule is CC(C(=O)NCCc1ccccc1)c1ccc2c(c1)SC[C@@H]1CCCC[C@H]1C2=O. The summed E-state index contributed by atoms with van der Waals surface area (Å²) in [4.78, 5) is 26.8. The van der Waals surface area contributed by atoms with Crippen LogP contribution in [-0.2, 0) is 11.2 Å².